The second kappa shape index (κ2) is 7.55. The van der Waals surface area contributed by atoms with E-state index in [2.05, 4.69) is 42.5 Å². The van der Waals surface area contributed by atoms with Gasteiger partial charge in [0.25, 0.3) is 0 Å². The maximum atomic E-state index is 12.1. The number of nitrogens with one attached hydrogen (secondary N) is 1. The van der Waals surface area contributed by atoms with Crippen molar-refractivity contribution in [1.82, 2.24) is 4.72 Å². The number of benzene rings is 1. The van der Waals surface area contributed by atoms with E-state index in [1.165, 1.54) is 11.8 Å². The number of terminal acetylenes is 1. The smallest absolute Gasteiger partial charge is 0.243 e. The highest BCUT2D eigenvalue weighted by Gasteiger charge is 2.21. The second-order valence-corrected chi connectivity index (χ2v) is 8.04. The fraction of sp³-hybridized carbons (Fsp3) is 0.273. The Hall–Kier alpha value is -0.200. The summed E-state index contributed by atoms with van der Waals surface area (Å²) in [5.41, 5.74) is 5.93. The third kappa shape index (κ3) is 5.00. The molecule has 0 spiro atoms. The first kappa shape index (κ1) is 16.9. The summed E-state index contributed by atoms with van der Waals surface area (Å²) in [7, 11) is -3.63. The predicted octanol–water partition coefficient (Wildman–Crippen LogP) is 2.44. The fourth-order valence-electron chi connectivity index (χ4n) is 1.32. The zero-order valence-electron chi connectivity index (χ0n) is 9.82. The van der Waals surface area contributed by atoms with Gasteiger partial charge in [-0.05, 0) is 28.1 Å². The topological polar surface area (TPSA) is 72.2 Å². The molecule has 0 saturated heterocycles. The lowest BCUT2D eigenvalue weighted by Crippen LogP contribution is -2.27. The number of halogens is 2. The minimum Gasteiger partial charge on any atom is -0.398 e. The third-order valence-electron chi connectivity index (χ3n) is 2.03. The van der Waals surface area contributed by atoms with Gasteiger partial charge < -0.3 is 5.73 Å². The van der Waals surface area contributed by atoms with E-state index in [1.807, 2.05) is 0 Å². The Kier molecular flexibility index (Phi) is 6.69. The Morgan fingerprint density at radius 2 is 2.11 bits per heavy atom. The summed E-state index contributed by atoms with van der Waals surface area (Å²) < 4.78 is 27.9. The van der Waals surface area contributed by atoms with Crippen LogP contribution in [-0.4, -0.2) is 26.5 Å². The number of sulfonamides is 1. The van der Waals surface area contributed by atoms with Crippen LogP contribution in [0.25, 0.3) is 0 Å². The van der Waals surface area contributed by atoms with Crippen LogP contribution in [0.15, 0.2) is 26.0 Å². The quantitative estimate of drug-likeness (QED) is 0.415. The van der Waals surface area contributed by atoms with Gasteiger partial charge in [-0.1, -0.05) is 21.9 Å². The van der Waals surface area contributed by atoms with Crippen molar-refractivity contribution < 1.29 is 8.42 Å². The molecule has 0 radical (unpaired) electrons. The molecule has 0 aliphatic carbocycles. The van der Waals surface area contributed by atoms with Crippen molar-refractivity contribution in [3.05, 3.63) is 21.1 Å². The number of hydrogen-bond donors (Lipinski definition) is 2. The van der Waals surface area contributed by atoms with Gasteiger partial charge in [0.15, 0.2) is 0 Å². The normalized spacial score (nSPS) is 11.2. The van der Waals surface area contributed by atoms with E-state index in [9.17, 15) is 8.42 Å². The van der Waals surface area contributed by atoms with Crippen LogP contribution in [0.4, 0.5) is 5.69 Å². The van der Waals surface area contributed by atoms with E-state index in [4.69, 9.17) is 12.2 Å². The van der Waals surface area contributed by atoms with Gasteiger partial charge in [0, 0.05) is 21.2 Å². The Bertz CT molecular complexity index is 574. The zero-order valence-corrected chi connectivity index (χ0v) is 14.6. The van der Waals surface area contributed by atoms with Crippen molar-refractivity contribution in [3.8, 4) is 12.3 Å². The minimum absolute atomic E-state index is 0.0534. The van der Waals surface area contributed by atoms with Gasteiger partial charge in [-0.2, -0.15) is 0 Å². The van der Waals surface area contributed by atoms with E-state index in [1.54, 1.807) is 12.1 Å². The van der Waals surface area contributed by atoms with Crippen molar-refractivity contribution >= 4 is 59.3 Å². The van der Waals surface area contributed by atoms with E-state index in [0.29, 0.717) is 27.0 Å². The van der Waals surface area contributed by atoms with Crippen molar-refractivity contribution in [2.75, 3.05) is 23.8 Å². The van der Waals surface area contributed by atoms with Crippen molar-refractivity contribution in [2.24, 2.45) is 0 Å². The first-order chi connectivity index (χ1) is 8.88. The van der Waals surface area contributed by atoms with Crippen LogP contribution >= 0.6 is 43.6 Å². The molecule has 1 aromatic carbocycles. The summed E-state index contributed by atoms with van der Waals surface area (Å²) >= 11 is 7.94. The molecule has 1 rings (SSSR count). The standard InChI is InChI=1S/C11H12Br2N2O2S2/c1-2-4-18-5-3-15-19(16,17)11-9(13)6-8(12)7-10(11)14/h1,6-7,15H,3-5,14H2. The van der Waals surface area contributed by atoms with Gasteiger partial charge >= 0.3 is 0 Å². The molecule has 0 atom stereocenters. The van der Waals surface area contributed by atoms with Gasteiger partial charge in [0.1, 0.15) is 4.90 Å². The van der Waals surface area contributed by atoms with Crippen LogP contribution in [0, 0.1) is 12.3 Å². The molecule has 104 valence electrons. The fourth-order valence-corrected chi connectivity index (χ4v) is 5.05. The molecule has 4 nitrogen and oxygen atoms in total. The molecule has 0 unspecified atom stereocenters. The minimum atomic E-state index is -3.63. The number of nitrogens with two attached hydrogens (primary N) is 1. The monoisotopic (exact) mass is 426 g/mol. The predicted molar refractivity (Wildman–Crippen MR) is 87.6 cm³/mol. The average Bonchev–Trinajstić information content (AvgIpc) is 2.26. The molecule has 0 amide bonds. The Morgan fingerprint density at radius 3 is 2.68 bits per heavy atom. The molecule has 0 bridgehead atoms. The van der Waals surface area contributed by atoms with Gasteiger partial charge in [0.2, 0.25) is 10.0 Å². The Labute approximate surface area is 134 Å². The molecule has 3 N–H and O–H groups in total. The summed E-state index contributed by atoms with van der Waals surface area (Å²) in [6.45, 7) is 0.302. The number of rotatable bonds is 6. The summed E-state index contributed by atoms with van der Waals surface area (Å²) in [5, 5.41) is 0. The largest absolute Gasteiger partial charge is 0.398 e. The second-order valence-electron chi connectivity index (χ2n) is 3.46. The Morgan fingerprint density at radius 1 is 1.42 bits per heavy atom. The maximum Gasteiger partial charge on any atom is 0.243 e. The van der Waals surface area contributed by atoms with Gasteiger partial charge in [-0.3, -0.25) is 0 Å². The molecule has 0 fully saturated rings. The lowest BCUT2D eigenvalue weighted by Gasteiger charge is -2.11. The molecular weight excluding hydrogens is 416 g/mol. The number of thioether (sulfide) groups is 1. The zero-order chi connectivity index (χ0) is 14.5. The van der Waals surface area contributed by atoms with E-state index >= 15 is 0 Å². The first-order valence-electron chi connectivity index (χ1n) is 5.14. The van der Waals surface area contributed by atoms with Crippen LogP contribution in [0.2, 0.25) is 0 Å². The summed E-state index contributed by atoms with van der Waals surface area (Å²) in [4.78, 5) is 0.0534. The molecule has 8 heteroatoms. The lowest BCUT2D eigenvalue weighted by atomic mass is 10.3. The summed E-state index contributed by atoms with van der Waals surface area (Å²) in [6.07, 6.45) is 5.10. The molecule has 1 aromatic rings. The maximum absolute atomic E-state index is 12.1. The first-order valence-corrected chi connectivity index (χ1v) is 9.36. The number of anilines is 1. The van der Waals surface area contributed by atoms with E-state index in [-0.39, 0.29) is 10.6 Å². The molecular formula is C11H12Br2N2O2S2. The number of hydrogen-bond acceptors (Lipinski definition) is 4. The highest BCUT2D eigenvalue weighted by Crippen LogP contribution is 2.31. The lowest BCUT2D eigenvalue weighted by molar-refractivity contribution is 0.584. The van der Waals surface area contributed by atoms with E-state index in [0.717, 1.165) is 0 Å². The highest BCUT2D eigenvalue weighted by atomic mass is 79.9. The highest BCUT2D eigenvalue weighted by molar-refractivity contribution is 9.11. The molecule has 0 aliphatic heterocycles. The average molecular weight is 428 g/mol. The van der Waals surface area contributed by atoms with Crippen LogP contribution in [0.5, 0.6) is 0 Å². The van der Waals surface area contributed by atoms with Crippen LogP contribution in [-0.2, 0) is 10.0 Å². The van der Waals surface area contributed by atoms with Gasteiger partial charge in [0.05, 0.1) is 11.4 Å². The molecule has 0 saturated carbocycles. The number of nitrogen functional groups attached to an aromatic ring is 1. The molecule has 19 heavy (non-hydrogen) atoms. The van der Waals surface area contributed by atoms with Crippen LogP contribution in [0.3, 0.4) is 0 Å². The van der Waals surface area contributed by atoms with Crippen molar-refractivity contribution in [3.63, 3.8) is 0 Å². The molecule has 0 aromatic heterocycles. The molecule has 0 aliphatic rings. The molecule has 0 heterocycles. The Balaban J connectivity index is 2.81. The van der Waals surface area contributed by atoms with Gasteiger partial charge in [-0.15, -0.1) is 18.2 Å². The summed E-state index contributed by atoms with van der Waals surface area (Å²) in [5.74, 6) is 3.64. The third-order valence-corrected chi connectivity index (χ3v) is 5.82. The van der Waals surface area contributed by atoms with E-state index < -0.39 is 10.0 Å². The van der Waals surface area contributed by atoms with Gasteiger partial charge in [-0.25, -0.2) is 13.1 Å². The summed E-state index contributed by atoms with van der Waals surface area (Å²) in [6, 6.07) is 3.18. The van der Waals surface area contributed by atoms with Crippen LogP contribution < -0.4 is 10.5 Å². The van der Waals surface area contributed by atoms with Crippen molar-refractivity contribution in [1.29, 1.82) is 0 Å². The SMILES string of the molecule is C#CCSCCNS(=O)(=O)c1c(N)cc(Br)cc1Br. The van der Waals surface area contributed by atoms with Crippen LogP contribution in [0.1, 0.15) is 0 Å². The van der Waals surface area contributed by atoms with Crippen molar-refractivity contribution in [2.45, 2.75) is 4.90 Å².